The number of nitrogens with zero attached hydrogens (tertiary/aromatic N) is 1. The van der Waals surface area contributed by atoms with Gasteiger partial charge < -0.3 is 5.73 Å². The summed E-state index contributed by atoms with van der Waals surface area (Å²) in [6, 6.07) is 1.88. The first-order valence-electron chi connectivity index (χ1n) is 9.84. The Morgan fingerprint density at radius 1 is 0.762 bits per heavy atom. The summed E-state index contributed by atoms with van der Waals surface area (Å²) in [5, 5.41) is 0. The molecule has 0 amide bonds. The maximum atomic E-state index is 6.67. The van der Waals surface area contributed by atoms with E-state index in [0.717, 1.165) is 6.04 Å². The molecule has 0 aromatic rings. The highest BCUT2D eigenvalue weighted by Gasteiger charge is 2.30. The first-order valence-corrected chi connectivity index (χ1v) is 9.84. The van der Waals surface area contributed by atoms with Gasteiger partial charge in [0.2, 0.25) is 0 Å². The van der Waals surface area contributed by atoms with E-state index in [-0.39, 0.29) is 0 Å². The SMILES string of the molecule is CCC1CCCCN1C1CCCCCCCCCCC1N. The molecule has 2 rings (SSSR count). The average molecular weight is 295 g/mol. The van der Waals surface area contributed by atoms with Gasteiger partial charge in [0.1, 0.15) is 0 Å². The fraction of sp³-hybridized carbons (Fsp3) is 1.00. The van der Waals surface area contributed by atoms with Crippen molar-refractivity contribution >= 4 is 0 Å². The second-order valence-corrected chi connectivity index (χ2v) is 7.43. The van der Waals surface area contributed by atoms with Crippen LogP contribution in [0.5, 0.6) is 0 Å². The van der Waals surface area contributed by atoms with Gasteiger partial charge in [-0.05, 0) is 38.6 Å². The van der Waals surface area contributed by atoms with Crippen LogP contribution < -0.4 is 5.73 Å². The van der Waals surface area contributed by atoms with E-state index in [9.17, 15) is 0 Å². The minimum Gasteiger partial charge on any atom is -0.326 e. The Kier molecular flexibility index (Phi) is 8.10. The Morgan fingerprint density at radius 2 is 1.33 bits per heavy atom. The highest BCUT2D eigenvalue weighted by molar-refractivity contribution is 4.88. The monoisotopic (exact) mass is 294 g/mol. The van der Waals surface area contributed by atoms with Gasteiger partial charge in [0.15, 0.2) is 0 Å². The molecule has 3 atom stereocenters. The van der Waals surface area contributed by atoms with Crippen LogP contribution in [0.2, 0.25) is 0 Å². The summed E-state index contributed by atoms with van der Waals surface area (Å²) < 4.78 is 0. The molecule has 1 aliphatic carbocycles. The Bertz CT molecular complexity index is 266. The normalized spacial score (nSPS) is 34.9. The topological polar surface area (TPSA) is 29.3 Å². The molecular formula is C19H38N2. The van der Waals surface area contributed by atoms with E-state index in [1.54, 1.807) is 0 Å². The number of hydrogen-bond acceptors (Lipinski definition) is 2. The van der Waals surface area contributed by atoms with Crippen LogP contribution in [0.25, 0.3) is 0 Å². The molecule has 0 radical (unpaired) electrons. The summed E-state index contributed by atoms with van der Waals surface area (Å²) >= 11 is 0. The molecule has 124 valence electrons. The van der Waals surface area contributed by atoms with Crippen molar-refractivity contribution in [2.45, 2.75) is 115 Å². The number of hydrogen-bond donors (Lipinski definition) is 1. The Labute approximate surface area is 132 Å². The Morgan fingerprint density at radius 3 is 2.00 bits per heavy atom. The molecule has 0 spiro atoms. The summed E-state index contributed by atoms with van der Waals surface area (Å²) in [6.07, 6.45) is 19.5. The minimum atomic E-state index is 0.413. The van der Waals surface area contributed by atoms with Crippen LogP contribution in [-0.4, -0.2) is 29.6 Å². The lowest BCUT2D eigenvalue weighted by molar-refractivity contribution is 0.0681. The molecule has 2 aliphatic rings. The van der Waals surface area contributed by atoms with Crippen LogP contribution in [0.4, 0.5) is 0 Å². The third-order valence-corrected chi connectivity index (χ3v) is 5.85. The first kappa shape index (κ1) is 17.3. The van der Waals surface area contributed by atoms with Crippen molar-refractivity contribution in [3.05, 3.63) is 0 Å². The van der Waals surface area contributed by atoms with E-state index >= 15 is 0 Å². The maximum absolute atomic E-state index is 6.67. The predicted octanol–water partition coefficient (Wildman–Crippen LogP) is 4.86. The lowest BCUT2D eigenvalue weighted by Crippen LogP contribution is -2.53. The standard InChI is InChI=1S/C19H38N2/c1-2-17-13-11-12-16-21(17)19-15-10-8-6-4-3-5-7-9-14-18(19)20/h17-19H,2-16,20H2,1H3. The van der Waals surface area contributed by atoms with Crippen molar-refractivity contribution in [2.75, 3.05) is 6.54 Å². The van der Waals surface area contributed by atoms with Gasteiger partial charge >= 0.3 is 0 Å². The van der Waals surface area contributed by atoms with Crippen LogP contribution in [-0.2, 0) is 0 Å². The van der Waals surface area contributed by atoms with Gasteiger partial charge in [0, 0.05) is 18.1 Å². The summed E-state index contributed by atoms with van der Waals surface area (Å²) in [5.74, 6) is 0. The molecule has 0 aromatic heterocycles. The van der Waals surface area contributed by atoms with Crippen LogP contribution >= 0.6 is 0 Å². The lowest BCUT2D eigenvalue weighted by atomic mass is 9.89. The lowest BCUT2D eigenvalue weighted by Gasteiger charge is -2.43. The third kappa shape index (κ3) is 5.56. The van der Waals surface area contributed by atoms with Gasteiger partial charge in [0.25, 0.3) is 0 Å². The predicted molar refractivity (Wildman–Crippen MR) is 92.6 cm³/mol. The zero-order valence-corrected chi connectivity index (χ0v) is 14.4. The van der Waals surface area contributed by atoms with Crippen molar-refractivity contribution in [1.29, 1.82) is 0 Å². The number of rotatable bonds is 2. The van der Waals surface area contributed by atoms with E-state index in [2.05, 4.69) is 11.8 Å². The van der Waals surface area contributed by atoms with Crippen molar-refractivity contribution in [3.63, 3.8) is 0 Å². The van der Waals surface area contributed by atoms with Crippen LogP contribution in [0.3, 0.4) is 0 Å². The minimum absolute atomic E-state index is 0.413. The summed E-state index contributed by atoms with van der Waals surface area (Å²) in [5.41, 5.74) is 6.67. The van der Waals surface area contributed by atoms with Gasteiger partial charge in [-0.2, -0.15) is 0 Å². The summed E-state index contributed by atoms with van der Waals surface area (Å²) in [4.78, 5) is 2.82. The molecule has 3 unspecified atom stereocenters. The number of nitrogens with two attached hydrogens (primary N) is 1. The molecule has 2 heteroatoms. The molecule has 2 fully saturated rings. The smallest absolute Gasteiger partial charge is 0.0250 e. The molecule has 2 N–H and O–H groups in total. The average Bonchev–Trinajstić information content (AvgIpc) is 2.51. The highest BCUT2D eigenvalue weighted by atomic mass is 15.2. The molecule has 21 heavy (non-hydrogen) atoms. The van der Waals surface area contributed by atoms with E-state index in [1.807, 2.05) is 0 Å². The van der Waals surface area contributed by atoms with Crippen molar-refractivity contribution in [3.8, 4) is 0 Å². The Hall–Kier alpha value is -0.0800. The van der Waals surface area contributed by atoms with Crippen LogP contribution in [0, 0.1) is 0 Å². The Balaban J connectivity index is 1.96. The van der Waals surface area contributed by atoms with E-state index < -0.39 is 0 Å². The van der Waals surface area contributed by atoms with Gasteiger partial charge in [-0.15, -0.1) is 0 Å². The molecule has 2 nitrogen and oxygen atoms in total. The fourth-order valence-corrected chi connectivity index (χ4v) is 4.51. The third-order valence-electron chi connectivity index (χ3n) is 5.85. The van der Waals surface area contributed by atoms with E-state index in [0.29, 0.717) is 12.1 Å². The largest absolute Gasteiger partial charge is 0.326 e. The molecule has 1 saturated heterocycles. The maximum Gasteiger partial charge on any atom is 0.0250 e. The summed E-state index contributed by atoms with van der Waals surface area (Å²) in [7, 11) is 0. The zero-order chi connectivity index (χ0) is 14.9. The number of likely N-dealkylation sites (tertiary alicyclic amines) is 1. The van der Waals surface area contributed by atoms with Crippen LogP contribution in [0.15, 0.2) is 0 Å². The first-order chi connectivity index (χ1) is 10.3. The zero-order valence-electron chi connectivity index (χ0n) is 14.4. The number of piperidine rings is 1. The fourth-order valence-electron chi connectivity index (χ4n) is 4.51. The van der Waals surface area contributed by atoms with Crippen molar-refractivity contribution < 1.29 is 0 Å². The van der Waals surface area contributed by atoms with Gasteiger partial charge in [-0.1, -0.05) is 64.7 Å². The van der Waals surface area contributed by atoms with Gasteiger partial charge in [-0.25, -0.2) is 0 Å². The molecular weight excluding hydrogens is 256 g/mol. The second-order valence-electron chi connectivity index (χ2n) is 7.43. The highest BCUT2D eigenvalue weighted by Crippen LogP contribution is 2.27. The second kappa shape index (κ2) is 9.84. The molecule has 1 aliphatic heterocycles. The molecule has 1 heterocycles. The van der Waals surface area contributed by atoms with Crippen molar-refractivity contribution in [2.24, 2.45) is 5.73 Å². The van der Waals surface area contributed by atoms with E-state index in [1.165, 1.54) is 96.4 Å². The van der Waals surface area contributed by atoms with E-state index in [4.69, 9.17) is 5.73 Å². The van der Waals surface area contributed by atoms with Crippen LogP contribution in [0.1, 0.15) is 96.8 Å². The van der Waals surface area contributed by atoms with Gasteiger partial charge in [0.05, 0.1) is 0 Å². The quantitative estimate of drug-likeness (QED) is 0.788. The van der Waals surface area contributed by atoms with Crippen molar-refractivity contribution in [1.82, 2.24) is 4.90 Å². The molecule has 0 bridgehead atoms. The molecule has 1 saturated carbocycles. The molecule has 0 aromatic carbocycles. The van der Waals surface area contributed by atoms with Gasteiger partial charge in [-0.3, -0.25) is 4.90 Å². The summed E-state index contributed by atoms with van der Waals surface area (Å²) in [6.45, 7) is 3.67.